The van der Waals surface area contributed by atoms with Crippen LogP contribution in [0.25, 0.3) is 0 Å². The largest absolute Gasteiger partial charge is 0.387 e. The predicted octanol–water partition coefficient (Wildman–Crippen LogP) is 2.69. The van der Waals surface area contributed by atoms with Gasteiger partial charge in [-0.1, -0.05) is 42.0 Å². The van der Waals surface area contributed by atoms with Crippen LogP contribution in [-0.4, -0.2) is 53.7 Å². The summed E-state index contributed by atoms with van der Waals surface area (Å²) < 4.78 is 0. The normalized spacial score (nSPS) is 22.0. The van der Waals surface area contributed by atoms with Crippen LogP contribution in [0, 0.1) is 0 Å². The van der Waals surface area contributed by atoms with Crippen LogP contribution >= 0.6 is 0 Å². The molecule has 0 saturated carbocycles. The molecule has 1 saturated heterocycles. The zero-order valence-electron chi connectivity index (χ0n) is 13.5. The number of rotatable bonds is 5. The lowest BCUT2D eigenvalue weighted by Crippen LogP contribution is -2.52. The fourth-order valence-corrected chi connectivity index (χ4v) is 2.82. The average Bonchev–Trinajstić information content (AvgIpc) is 2.48. The van der Waals surface area contributed by atoms with Gasteiger partial charge < -0.3 is 5.11 Å². The van der Waals surface area contributed by atoms with Gasteiger partial charge in [-0.05, 0) is 26.3 Å². The minimum absolute atomic E-state index is 0.391. The molecule has 21 heavy (non-hydrogen) atoms. The molecule has 3 nitrogen and oxygen atoms in total. The highest BCUT2D eigenvalue weighted by molar-refractivity contribution is 5.17. The average molecular weight is 288 g/mol. The lowest BCUT2D eigenvalue weighted by molar-refractivity contribution is 0.0427. The zero-order chi connectivity index (χ0) is 15.2. The van der Waals surface area contributed by atoms with Crippen LogP contribution in [0.2, 0.25) is 0 Å². The third-order valence-corrected chi connectivity index (χ3v) is 4.20. The molecule has 1 N–H and O–H groups in total. The van der Waals surface area contributed by atoms with Gasteiger partial charge in [0.05, 0.1) is 6.10 Å². The predicted molar refractivity (Wildman–Crippen MR) is 88.3 cm³/mol. The first-order valence-electron chi connectivity index (χ1n) is 7.89. The summed E-state index contributed by atoms with van der Waals surface area (Å²) in [6.07, 6.45) is 1.90. The number of piperazine rings is 1. The Morgan fingerprint density at radius 2 is 2.00 bits per heavy atom. The Kier molecular flexibility index (Phi) is 5.97. The van der Waals surface area contributed by atoms with Crippen molar-refractivity contribution in [1.29, 1.82) is 0 Å². The van der Waals surface area contributed by atoms with Crippen LogP contribution < -0.4 is 0 Å². The summed E-state index contributed by atoms with van der Waals surface area (Å²) in [6, 6.07) is 10.4. The second-order valence-corrected chi connectivity index (χ2v) is 6.31. The molecule has 0 aromatic heterocycles. The second-order valence-electron chi connectivity index (χ2n) is 6.31. The molecule has 116 valence electrons. The van der Waals surface area contributed by atoms with E-state index in [-0.39, 0.29) is 0 Å². The van der Waals surface area contributed by atoms with Crippen LogP contribution in [0.3, 0.4) is 0 Å². The molecule has 1 aromatic rings. The second kappa shape index (κ2) is 7.74. The number of nitrogens with zero attached hydrogens (tertiary/aromatic N) is 2. The smallest absolute Gasteiger partial charge is 0.0917 e. The van der Waals surface area contributed by atoms with Gasteiger partial charge in [0.15, 0.2) is 0 Å². The highest BCUT2D eigenvalue weighted by atomic mass is 16.3. The fourth-order valence-electron chi connectivity index (χ4n) is 2.82. The Morgan fingerprint density at radius 1 is 1.29 bits per heavy atom. The number of β-amino-alcohol motifs (C(OH)–C–C–N with tert-alkyl or cyclic N) is 1. The third kappa shape index (κ3) is 4.95. The molecule has 1 aliphatic rings. The number of hydrogen-bond donors (Lipinski definition) is 1. The van der Waals surface area contributed by atoms with Crippen LogP contribution in [0.15, 0.2) is 42.0 Å². The maximum atomic E-state index is 10.4. The van der Waals surface area contributed by atoms with E-state index in [4.69, 9.17) is 0 Å². The van der Waals surface area contributed by atoms with Crippen LogP contribution in [0.5, 0.6) is 0 Å². The lowest BCUT2D eigenvalue weighted by atomic mass is 10.1. The maximum Gasteiger partial charge on any atom is 0.0917 e. The summed E-state index contributed by atoms with van der Waals surface area (Å²) in [5, 5.41) is 10.4. The Morgan fingerprint density at radius 3 is 2.62 bits per heavy atom. The third-order valence-electron chi connectivity index (χ3n) is 4.20. The van der Waals surface area contributed by atoms with E-state index in [0.29, 0.717) is 6.04 Å². The van der Waals surface area contributed by atoms with Gasteiger partial charge in [0.2, 0.25) is 0 Å². The number of hydrogen-bond acceptors (Lipinski definition) is 3. The topological polar surface area (TPSA) is 26.7 Å². The molecule has 3 heteroatoms. The SMILES string of the molecule is CC(C)=CCN1CCN(C[C@H](O)c2ccccc2)[C@@H](C)C1. The van der Waals surface area contributed by atoms with Crippen molar-refractivity contribution < 1.29 is 5.11 Å². The van der Waals surface area contributed by atoms with E-state index in [0.717, 1.165) is 38.3 Å². The number of allylic oxidation sites excluding steroid dienone is 1. The van der Waals surface area contributed by atoms with Crippen molar-refractivity contribution in [3.8, 4) is 0 Å². The van der Waals surface area contributed by atoms with Crippen LogP contribution in [0.4, 0.5) is 0 Å². The van der Waals surface area contributed by atoms with Gasteiger partial charge in [-0.3, -0.25) is 9.80 Å². The highest BCUT2D eigenvalue weighted by Gasteiger charge is 2.25. The standard InChI is InChI=1S/C18H28N2O/c1-15(2)9-10-19-11-12-20(16(3)13-19)14-18(21)17-7-5-4-6-8-17/h4-9,16,18,21H,10-14H2,1-3H3/t16-,18-/m0/s1. The van der Waals surface area contributed by atoms with E-state index in [1.165, 1.54) is 5.57 Å². The summed E-state index contributed by atoms with van der Waals surface area (Å²) in [4.78, 5) is 4.89. The lowest BCUT2D eigenvalue weighted by Gasteiger charge is -2.40. The molecule has 0 unspecified atom stereocenters. The molecular formula is C18H28N2O. The molecule has 0 aliphatic carbocycles. The minimum Gasteiger partial charge on any atom is -0.387 e. The molecule has 2 atom stereocenters. The monoisotopic (exact) mass is 288 g/mol. The molecule has 1 heterocycles. The fraction of sp³-hybridized carbons (Fsp3) is 0.556. The van der Waals surface area contributed by atoms with E-state index in [2.05, 4.69) is 36.6 Å². The number of benzene rings is 1. The molecular weight excluding hydrogens is 260 g/mol. The Hall–Kier alpha value is -1.16. The van der Waals surface area contributed by atoms with E-state index in [1.807, 2.05) is 30.3 Å². The van der Waals surface area contributed by atoms with Crippen molar-refractivity contribution in [2.75, 3.05) is 32.7 Å². The minimum atomic E-state index is -0.391. The highest BCUT2D eigenvalue weighted by Crippen LogP contribution is 2.17. The van der Waals surface area contributed by atoms with Gasteiger partial charge in [-0.2, -0.15) is 0 Å². The van der Waals surface area contributed by atoms with Gasteiger partial charge in [0, 0.05) is 38.8 Å². The Labute approximate surface area is 128 Å². The Balaban J connectivity index is 1.85. The quantitative estimate of drug-likeness (QED) is 0.844. The maximum absolute atomic E-state index is 10.4. The van der Waals surface area contributed by atoms with Gasteiger partial charge in [-0.15, -0.1) is 0 Å². The molecule has 0 spiro atoms. The van der Waals surface area contributed by atoms with Crippen LogP contribution in [-0.2, 0) is 0 Å². The molecule has 1 aromatic carbocycles. The summed E-state index contributed by atoms with van der Waals surface area (Å²) in [5.74, 6) is 0. The first-order valence-corrected chi connectivity index (χ1v) is 7.89. The summed E-state index contributed by atoms with van der Waals surface area (Å²) >= 11 is 0. The summed E-state index contributed by atoms with van der Waals surface area (Å²) in [6.45, 7) is 11.5. The van der Waals surface area contributed by atoms with Crippen molar-refractivity contribution >= 4 is 0 Å². The summed E-state index contributed by atoms with van der Waals surface area (Å²) in [7, 11) is 0. The van der Waals surface area contributed by atoms with Crippen molar-refractivity contribution in [3.05, 3.63) is 47.5 Å². The first-order chi connectivity index (χ1) is 10.1. The van der Waals surface area contributed by atoms with Crippen molar-refractivity contribution in [2.24, 2.45) is 0 Å². The van der Waals surface area contributed by atoms with E-state index in [1.54, 1.807) is 0 Å². The zero-order valence-corrected chi connectivity index (χ0v) is 13.5. The summed E-state index contributed by atoms with van der Waals surface area (Å²) in [5.41, 5.74) is 2.39. The molecule has 2 rings (SSSR count). The van der Waals surface area contributed by atoms with Crippen molar-refractivity contribution in [3.63, 3.8) is 0 Å². The molecule has 1 aliphatic heterocycles. The first kappa shape index (κ1) is 16.2. The Bertz CT molecular complexity index is 454. The van der Waals surface area contributed by atoms with Gasteiger partial charge in [-0.25, -0.2) is 0 Å². The number of aliphatic hydroxyl groups excluding tert-OH is 1. The van der Waals surface area contributed by atoms with Gasteiger partial charge in [0.25, 0.3) is 0 Å². The van der Waals surface area contributed by atoms with E-state index in [9.17, 15) is 5.11 Å². The van der Waals surface area contributed by atoms with Gasteiger partial charge >= 0.3 is 0 Å². The van der Waals surface area contributed by atoms with Gasteiger partial charge in [0.1, 0.15) is 0 Å². The molecule has 0 bridgehead atoms. The molecule has 0 radical (unpaired) electrons. The van der Waals surface area contributed by atoms with E-state index < -0.39 is 6.10 Å². The van der Waals surface area contributed by atoms with E-state index >= 15 is 0 Å². The molecule has 1 fully saturated rings. The van der Waals surface area contributed by atoms with Crippen molar-refractivity contribution in [2.45, 2.75) is 32.9 Å². The van der Waals surface area contributed by atoms with Crippen LogP contribution in [0.1, 0.15) is 32.4 Å². The van der Waals surface area contributed by atoms with Crippen molar-refractivity contribution in [1.82, 2.24) is 9.80 Å². The molecule has 0 amide bonds. The number of aliphatic hydroxyl groups is 1.